The summed E-state index contributed by atoms with van der Waals surface area (Å²) in [5.41, 5.74) is -11.0. The molecule has 0 amide bonds. The molecule has 2 atom stereocenters. The number of carboxylic acids is 2. The van der Waals surface area contributed by atoms with Crippen molar-refractivity contribution in [3.63, 3.8) is 0 Å². The first kappa shape index (κ1) is 22.5. The van der Waals surface area contributed by atoms with Crippen LogP contribution in [-0.4, -0.2) is 57.8 Å². The first-order valence-electron chi connectivity index (χ1n) is 5.60. The van der Waals surface area contributed by atoms with Crippen molar-refractivity contribution in [3.05, 3.63) is 0 Å². The highest BCUT2D eigenvalue weighted by Crippen LogP contribution is 2.41. The molecule has 0 radical (unpaired) electrons. The minimum atomic E-state index is -6.35. The molecular weight excluding hydrogens is 384 g/mol. The van der Waals surface area contributed by atoms with E-state index in [1.807, 2.05) is 0 Å². The zero-order valence-electron chi connectivity index (χ0n) is 11.4. The Bertz CT molecular complexity index is 533. The SMILES string of the molecule is O=C(O)CC(F)(C(=O)OC(=O)C(F)(CC(=O)O)C(F)(F)F)C(F)(F)F. The van der Waals surface area contributed by atoms with Gasteiger partial charge in [0.2, 0.25) is 0 Å². The van der Waals surface area contributed by atoms with Crippen LogP contribution < -0.4 is 0 Å². The number of halogens is 8. The third-order valence-corrected chi connectivity index (χ3v) is 2.52. The Balaban J connectivity index is 5.79. The molecule has 0 bridgehead atoms. The van der Waals surface area contributed by atoms with E-state index in [2.05, 4.69) is 4.74 Å². The lowest BCUT2D eigenvalue weighted by Gasteiger charge is -2.27. The molecule has 0 aliphatic carbocycles. The summed E-state index contributed by atoms with van der Waals surface area (Å²) in [5, 5.41) is 16.3. The van der Waals surface area contributed by atoms with Crippen LogP contribution in [0.1, 0.15) is 12.8 Å². The zero-order chi connectivity index (χ0) is 20.4. The second-order valence-electron chi connectivity index (χ2n) is 4.42. The lowest BCUT2D eigenvalue weighted by molar-refractivity contribution is -0.253. The average Bonchev–Trinajstić information content (AvgIpc) is 2.33. The van der Waals surface area contributed by atoms with Gasteiger partial charge in [0.05, 0.1) is 12.8 Å². The predicted molar refractivity (Wildman–Crippen MR) is 55.4 cm³/mol. The summed E-state index contributed by atoms with van der Waals surface area (Å²) in [4.78, 5) is 42.4. The van der Waals surface area contributed by atoms with Crippen LogP contribution in [0, 0.1) is 0 Å². The van der Waals surface area contributed by atoms with E-state index in [4.69, 9.17) is 10.2 Å². The molecule has 0 spiro atoms. The van der Waals surface area contributed by atoms with E-state index < -0.39 is 60.4 Å². The number of carbonyl (C=O) groups excluding carboxylic acids is 2. The first-order chi connectivity index (χ1) is 10.9. The van der Waals surface area contributed by atoms with Crippen molar-refractivity contribution in [2.75, 3.05) is 0 Å². The number of rotatable bonds is 6. The molecule has 15 heteroatoms. The molecule has 0 rings (SSSR count). The van der Waals surface area contributed by atoms with Gasteiger partial charge in [0.25, 0.3) is 0 Å². The number of carbonyl (C=O) groups is 4. The number of carboxylic acid groups (broad SMARTS) is 2. The normalized spacial score (nSPS) is 17.1. The van der Waals surface area contributed by atoms with Gasteiger partial charge in [-0.25, -0.2) is 18.4 Å². The molecule has 144 valence electrons. The van der Waals surface area contributed by atoms with E-state index in [9.17, 15) is 54.3 Å². The molecule has 25 heavy (non-hydrogen) atoms. The Morgan fingerprint density at radius 2 is 0.880 bits per heavy atom. The maximum atomic E-state index is 13.6. The van der Waals surface area contributed by atoms with Crippen LogP contribution in [0.5, 0.6) is 0 Å². The molecule has 0 aliphatic heterocycles. The van der Waals surface area contributed by atoms with Gasteiger partial charge in [0.1, 0.15) is 0 Å². The van der Waals surface area contributed by atoms with Gasteiger partial charge in [-0.2, -0.15) is 26.3 Å². The van der Waals surface area contributed by atoms with Gasteiger partial charge in [-0.1, -0.05) is 0 Å². The molecule has 2 unspecified atom stereocenters. The quantitative estimate of drug-likeness (QED) is 0.401. The molecule has 0 aromatic rings. The van der Waals surface area contributed by atoms with Gasteiger partial charge in [0.15, 0.2) is 0 Å². The molecule has 0 aromatic heterocycles. The largest absolute Gasteiger partial charge is 0.481 e. The molecule has 7 nitrogen and oxygen atoms in total. The van der Waals surface area contributed by atoms with Gasteiger partial charge >= 0.3 is 47.6 Å². The van der Waals surface area contributed by atoms with Gasteiger partial charge in [0, 0.05) is 0 Å². The fraction of sp³-hybridized carbons (Fsp3) is 0.600. The van der Waals surface area contributed by atoms with E-state index in [-0.39, 0.29) is 0 Å². The Labute approximate surface area is 131 Å². The summed E-state index contributed by atoms with van der Waals surface area (Å²) in [5.74, 6) is -12.2. The fourth-order valence-electron chi connectivity index (χ4n) is 1.24. The van der Waals surface area contributed by atoms with Crippen molar-refractivity contribution in [2.24, 2.45) is 0 Å². The summed E-state index contributed by atoms with van der Waals surface area (Å²) in [7, 11) is 0. The van der Waals surface area contributed by atoms with Gasteiger partial charge < -0.3 is 14.9 Å². The van der Waals surface area contributed by atoms with Crippen LogP contribution in [0.2, 0.25) is 0 Å². The van der Waals surface area contributed by atoms with Crippen LogP contribution in [0.3, 0.4) is 0 Å². The third-order valence-electron chi connectivity index (χ3n) is 2.52. The molecule has 0 saturated heterocycles. The van der Waals surface area contributed by atoms with Crippen LogP contribution in [0.15, 0.2) is 0 Å². The van der Waals surface area contributed by atoms with Crippen LogP contribution in [0.4, 0.5) is 35.1 Å². The second-order valence-corrected chi connectivity index (χ2v) is 4.42. The number of ether oxygens (including phenoxy) is 1. The van der Waals surface area contributed by atoms with E-state index in [0.29, 0.717) is 0 Å². The van der Waals surface area contributed by atoms with Crippen LogP contribution >= 0.6 is 0 Å². The highest BCUT2D eigenvalue weighted by molar-refractivity contribution is 5.97. The fourth-order valence-corrected chi connectivity index (χ4v) is 1.24. The number of esters is 2. The van der Waals surface area contributed by atoms with Crippen molar-refractivity contribution in [1.29, 1.82) is 0 Å². The summed E-state index contributed by atoms with van der Waals surface area (Å²) in [6.07, 6.45) is -18.1. The van der Waals surface area contributed by atoms with E-state index >= 15 is 0 Å². The highest BCUT2D eigenvalue weighted by atomic mass is 19.4. The van der Waals surface area contributed by atoms with E-state index in [1.54, 1.807) is 0 Å². The molecule has 0 aromatic carbocycles. The van der Waals surface area contributed by atoms with Crippen molar-refractivity contribution in [3.8, 4) is 0 Å². The van der Waals surface area contributed by atoms with E-state index in [0.717, 1.165) is 0 Å². The maximum absolute atomic E-state index is 13.6. The summed E-state index contributed by atoms with van der Waals surface area (Å²) in [6, 6.07) is 0. The van der Waals surface area contributed by atoms with Crippen LogP contribution in [-0.2, 0) is 23.9 Å². The van der Waals surface area contributed by atoms with Crippen molar-refractivity contribution in [1.82, 2.24) is 0 Å². The van der Waals surface area contributed by atoms with E-state index in [1.165, 1.54) is 0 Å². The number of hydrogen-bond acceptors (Lipinski definition) is 5. The van der Waals surface area contributed by atoms with Crippen molar-refractivity contribution >= 4 is 23.9 Å². The number of aliphatic carboxylic acids is 2. The summed E-state index contributed by atoms with van der Waals surface area (Å²) >= 11 is 0. The first-order valence-corrected chi connectivity index (χ1v) is 5.60. The molecule has 0 aliphatic rings. The van der Waals surface area contributed by atoms with Gasteiger partial charge in [-0.3, -0.25) is 9.59 Å². The maximum Gasteiger partial charge on any atom is 0.434 e. The Morgan fingerprint density at radius 1 is 0.640 bits per heavy atom. The second kappa shape index (κ2) is 6.79. The monoisotopic (exact) mass is 390 g/mol. The Hall–Kier alpha value is -2.48. The number of hydrogen-bond donors (Lipinski definition) is 2. The highest BCUT2D eigenvalue weighted by Gasteiger charge is 2.68. The summed E-state index contributed by atoms with van der Waals surface area (Å²) < 4.78 is 105. The standard InChI is InChI=1S/C10H6F8O7/c11-7(1-3(19)20,9(13,14)15)5(23)25-6(24)8(12,2-4(21)22)10(16,17)18/h1-2H2,(H,19,20)(H,21,22). The minimum Gasteiger partial charge on any atom is -0.481 e. The Morgan fingerprint density at radius 3 is 1.04 bits per heavy atom. The van der Waals surface area contributed by atoms with Crippen LogP contribution in [0.25, 0.3) is 0 Å². The molecular formula is C10H6F8O7. The van der Waals surface area contributed by atoms with Gasteiger partial charge in [-0.05, 0) is 0 Å². The Kier molecular flexibility index (Phi) is 6.12. The molecule has 0 fully saturated rings. The van der Waals surface area contributed by atoms with Crippen molar-refractivity contribution in [2.45, 2.75) is 36.5 Å². The smallest absolute Gasteiger partial charge is 0.434 e. The lowest BCUT2D eigenvalue weighted by Crippen LogP contribution is -2.55. The average molecular weight is 390 g/mol. The topological polar surface area (TPSA) is 118 Å². The molecule has 2 N–H and O–H groups in total. The van der Waals surface area contributed by atoms with Gasteiger partial charge in [-0.15, -0.1) is 0 Å². The third kappa shape index (κ3) is 4.76. The molecule has 0 heterocycles. The zero-order valence-corrected chi connectivity index (χ0v) is 11.4. The van der Waals surface area contributed by atoms with Crippen molar-refractivity contribution < 1.29 is 69.3 Å². The summed E-state index contributed by atoms with van der Waals surface area (Å²) in [6.45, 7) is 0. The predicted octanol–water partition coefficient (Wildman–Crippen LogP) is 1.55. The molecule has 0 saturated carbocycles. The number of alkyl halides is 8. The lowest BCUT2D eigenvalue weighted by atomic mass is 9.99. The minimum absolute atomic E-state index is 2.60.